The first-order valence-electron chi connectivity index (χ1n) is 5.17. The minimum Gasteiger partial charge on any atom is -0.211 e. The summed E-state index contributed by atoms with van der Waals surface area (Å²) in [6.45, 7) is 3.41. The Balaban J connectivity index is 3.23. The Morgan fingerprint density at radius 2 is 2.06 bits per heavy atom. The molecule has 1 aromatic carbocycles. The molecule has 0 amide bonds. The van der Waals surface area contributed by atoms with Gasteiger partial charge in [0.05, 0.1) is 11.6 Å². The predicted molar refractivity (Wildman–Crippen MR) is 57.4 cm³/mol. The second-order valence-electron chi connectivity index (χ2n) is 3.66. The van der Waals surface area contributed by atoms with Crippen LogP contribution in [0.5, 0.6) is 0 Å². The summed E-state index contributed by atoms with van der Waals surface area (Å²) in [7, 11) is 0. The molecule has 0 fully saturated rings. The normalized spacial score (nSPS) is 13.0. The maximum atomic E-state index is 12.5. The summed E-state index contributed by atoms with van der Waals surface area (Å²) in [5.41, 5.74) is 0.496. The number of alkyl halides is 3. The van der Waals surface area contributed by atoms with Crippen LogP contribution in [0.15, 0.2) is 23.2 Å². The van der Waals surface area contributed by atoms with Crippen molar-refractivity contribution in [1.82, 2.24) is 0 Å². The van der Waals surface area contributed by atoms with E-state index < -0.39 is 17.8 Å². The second-order valence-corrected chi connectivity index (χ2v) is 3.66. The maximum absolute atomic E-state index is 12.5. The average Bonchev–Trinajstić information content (AvgIpc) is 2.27. The van der Waals surface area contributed by atoms with Crippen LogP contribution < -0.4 is 0 Å². The summed E-state index contributed by atoms with van der Waals surface area (Å²) < 4.78 is 37.5. The lowest BCUT2D eigenvalue weighted by atomic mass is 9.97. The molecule has 0 aliphatic rings. The third-order valence-corrected chi connectivity index (χ3v) is 2.55. The van der Waals surface area contributed by atoms with Gasteiger partial charge in [0, 0.05) is 0 Å². The van der Waals surface area contributed by atoms with Crippen molar-refractivity contribution in [3.05, 3.63) is 34.9 Å². The lowest BCUT2D eigenvalue weighted by Crippen LogP contribution is -2.07. The molecule has 0 saturated carbocycles. The number of rotatable bonds is 3. The Kier molecular flexibility index (Phi) is 4.07. The van der Waals surface area contributed by atoms with Gasteiger partial charge in [-0.2, -0.15) is 18.2 Å². The largest absolute Gasteiger partial charge is 0.416 e. The van der Waals surface area contributed by atoms with Gasteiger partial charge >= 0.3 is 6.18 Å². The lowest BCUT2D eigenvalue weighted by Gasteiger charge is -2.14. The van der Waals surface area contributed by atoms with Crippen molar-refractivity contribution < 1.29 is 18.0 Å². The van der Waals surface area contributed by atoms with Crippen molar-refractivity contribution in [2.24, 2.45) is 4.99 Å². The van der Waals surface area contributed by atoms with Crippen molar-refractivity contribution in [3.63, 3.8) is 0 Å². The minimum atomic E-state index is -4.35. The first kappa shape index (κ1) is 13.5. The SMILES string of the molecule is CCc1cc(C(F)(F)F)ccc1C(C)N=C=O. The van der Waals surface area contributed by atoms with Crippen LogP contribution in [0, 0.1) is 0 Å². The van der Waals surface area contributed by atoms with Crippen LogP contribution >= 0.6 is 0 Å². The fourth-order valence-corrected chi connectivity index (χ4v) is 1.64. The van der Waals surface area contributed by atoms with Crippen LogP contribution in [0.1, 0.15) is 36.6 Å². The van der Waals surface area contributed by atoms with Crippen molar-refractivity contribution in [1.29, 1.82) is 0 Å². The number of hydrogen-bond acceptors (Lipinski definition) is 2. The Morgan fingerprint density at radius 1 is 1.41 bits per heavy atom. The fraction of sp³-hybridized carbons (Fsp3) is 0.417. The van der Waals surface area contributed by atoms with Crippen molar-refractivity contribution in [3.8, 4) is 0 Å². The van der Waals surface area contributed by atoms with Gasteiger partial charge in [-0.3, -0.25) is 0 Å². The first-order chi connectivity index (χ1) is 7.90. The molecule has 1 aromatic rings. The minimum absolute atomic E-state index is 0.456. The molecular formula is C12H12F3NO. The Bertz CT molecular complexity index is 448. The highest BCUT2D eigenvalue weighted by Crippen LogP contribution is 2.32. The zero-order chi connectivity index (χ0) is 13.1. The Morgan fingerprint density at radius 3 is 2.53 bits per heavy atom. The van der Waals surface area contributed by atoms with E-state index in [1.165, 1.54) is 12.1 Å². The number of isocyanates is 1. The summed E-state index contributed by atoms with van der Waals surface area (Å²) >= 11 is 0. The van der Waals surface area contributed by atoms with Crippen molar-refractivity contribution in [2.45, 2.75) is 32.5 Å². The van der Waals surface area contributed by atoms with E-state index in [0.29, 0.717) is 17.5 Å². The zero-order valence-electron chi connectivity index (χ0n) is 9.51. The molecule has 0 aromatic heterocycles. The van der Waals surface area contributed by atoms with Crippen LogP contribution in [-0.4, -0.2) is 6.08 Å². The summed E-state index contributed by atoms with van der Waals surface area (Å²) in [4.78, 5) is 13.7. The van der Waals surface area contributed by atoms with Gasteiger partial charge in [0.2, 0.25) is 6.08 Å². The van der Waals surface area contributed by atoms with E-state index in [-0.39, 0.29) is 0 Å². The molecule has 0 radical (unpaired) electrons. The fourth-order valence-electron chi connectivity index (χ4n) is 1.64. The van der Waals surface area contributed by atoms with Crippen LogP contribution in [0.4, 0.5) is 13.2 Å². The summed E-state index contributed by atoms with van der Waals surface area (Å²) in [5, 5.41) is 0. The van der Waals surface area contributed by atoms with Gasteiger partial charge in [0.25, 0.3) is 0 Å². The molecule has 1 unspecified atom stereocenters. The highest BCUT2D eigenvalue weighted by molar-refractivity contribution is 5.39. The van der Waals surface area contributed by atoms with Crippen LogP contribution in [0.2, 0.25) is 0 Å². The van der Waals surface area contributed by atoms with Gasteiger partial charge in [0.15, 0.2) is 0 Å². The molecule has 1 rings (SSSR count). The molecule has 0 spiro atoms. The van der Waals surface area contributed by atoms with Gasteiger partial charge in [-0.25, -0.2) is 4.79 Å². The molecule has 0 saturated heterocycles. The number of benzene rings is 1. The van der Waals surface area contributed by atoms with E-state index in [4.69, 9.17) is 0 Å². The van der Waals surface area contributed by atoms with Gasteiger partial charge in [-0.1, -0.05) is 13.0 Å². The van der Waals surface area contributed by atoms with E-state index >= 15 is 0 Å². The van der Waals surface area contributed by atoms with Gasteiger partial charge in [0.1, 0.15) is 0 Å². The lowest BCUT2D eigenvalue weighted by molar-refractivity contribution is -0.137. The number of carbonyl (C=O) groups excluding carboxylic acids is 1. The highest BCUT2D eigenvalue weighted by Gasteiger charge is 2.31. The van der Waals surface area contributed by atoms with Crippen molar-refractivity contribution in [2.75, 3.05) is 0 Å². The van der Waals surface area contributed by atoms with Gasteiger partial charge in [-0.05, 0) is 36.6 Å². The number of aliphatic imine (C=N–C) groups is 1. The van der Waals surface area contributed by atoms with E-state index in [2.05, 4.69) is 4.99 Å². The van der Waals surface area contributed by atoms with Crippen LogP contribution in [0.25, 0.3) is 0 Å². The zero-order valence-corrected chi connectivity index (χ0v) is 9.51. The molecule has 0 bridgehead atoms. The highest BCUT2D eigenvalue weighted by atomic mass is 19.4. The summed E-state index contributed by atoms with van der Waals surface area (Å²) in [6.07, 6.45) is -2.48. The number of hydrogen-bond donors (Lipinski definition) is 0. The molecule has 5 heteroatoms. The molecule has 92 valence electrons. The molecular weight excluding hydrogens is 231 g/mol. The standard InChI is InChI=1S/C12H12F3NO/c1-3-9-6-10(12(13,14)15)4-5-11(9)8(2)16-7-17/h4-6,8H,3H2,1-2H3. The van der Waals surface area contributed by atoms with E-state index in [1.807, 2.05) is 0 Å². The third-order valence-electron chi connectivity index (χ3n) is 2.55. The molecule has 0 aliphatic carbocycles. The smallest absolute Gasteiger partial charge is 0.211 e. The molecule has 0 N–H and O–H groups in total. The molecule has 0 aliphatic heterocycles. The monoisotopic (exact) mass is 243 g/mol. The third kappa shape index (κ3) is 3.17. The maximum Gasteiger partial charge on any atom is 0.416 e. The van der Waals surface area contributed by atoms with Crippen molar-refractivity contribution >= 4 is 6.08 Å². The van der Waals surface area contributed by atoms with Gasteiger partial charge in [-0.15, -0.1) is 0 Å². The van der Waals surface area contributed by atoms with Crippen LogP contribution in [-0.2, 0) is 17.4 Å². The van der Waals surface area contributed by atoms with E-state index in [9.17, 15) is 18.0 Å². The molecule has 1 atom stereocenters. The number of nitrogens with zero attached hydrogens (tertiary/aromatic N) is 1. The topological polar surface area (TPSA) is 29.4 Å². The van der Waals surface area contributed by atoms with Crippen LogP contribution in [0.3, 0.4) is 0 Å². The second kappa shape index (κ2) is 5.15. The van der Waals surface area contributed by atoms with E-state index in [0.717, 1.165) is 12.1 Å². The summed E-state index contributed by atoms with van der Waals surface area (Å²) in [5.74, 6) is 0. The number of halogens is 3. The molecule has 2 nitrogen and oxygen atoms in total. The molecule has 17 heavy (non-hydrogen) atoms. The predicted octanol–water partition coefficient (Wildman–Crippen LogP) is 3.66. The first-order valence-corrected chi connectivity index (χ1v) is 5.17. The van der Waals surface area contributed by atoms with Gasteiger partial charge < -0.3 is 0 Å². The quantitative estimate of drug-likeness (QED) is 0.588. The number of aryl methyl sites for hydroxylation is 1. The summed E-state index contributed by atoms with van der Waals surface area (Å²) in [6, 6.07) is 3.01. The molecule has 0 heterocycles. The Labute approximate surface area is 97.2 Å². The van der Waals surface area contributed by atoms with E-state index in [1.54, 1.807) is 13.8 Å². The average molecular weight is 243 g/mol. The Hall–Kier alpha value is -1.61.